The summed E-state index contributed by atoms with van der Waals surface area (Å²) in [5, 5.41) is 2.96. The number of amides is 1. The normalized spacial score (nSPS) is 20.3. The highest BCUT2D eigenvalue weighted by atomic mass is 19.1. The van der Waals surface area contributed by atoms with Gasteiger partial charge in [-0.15, -0.1) is 0 Å². The molecule has 1 aromatic rings. The number of carbonyl (C=O) groups is 1. The summed E-state index contributed by atoms with van der Waals surface area (Å²) in [5.74, 6) is -1.62. The molecule has 2 aliphatic rings. The van der Waals surface area contributed by atoms with Crippen molar-refractivity contribution in [3.05, 3.63) is 35.4 Å². The lowest BCUT2D eigenvalue weighted by Gasteiger charge is -2.34. The zero-order valence-electron chi connectivity index (χ0n) is 11.3. The third kappa shape index (κ3) is 2.82. The standard InChI is InChI=1S/C15H18F2N2O/c16-12-3-1-4-13(17)11(12)9-14(20)18-15(5-6-15)10-19-7-2-8-19/h1,3-4H,2,5-10H2,(H,18,20). The van der Waals surface area contributed by atoms with E-state index in [1.807, 2.05) is 0 Å². The summed E-state index contributed by atoms with van der Waals surface area (Å²) in [6.45, 7) is 3.03. The predicted octanol–water partition coefficient (Wildman–Crippen LogP) is 1.86. The summed E-state index contributed by atoms with van der Waals surface area (Å²) in [7, 11) is 0. The van der Waals surface area contributed by atoms with Crippen molar-refractivity contribution in [3.63, 3.8) is 0 Å². The molecule has 1 aliphatic carbocycles. The minimum Gasteiger partial charge on any atom is -0.349 e. The van der Waals surface area contributed by atoms with E-state index in [-0.39, 0.29) is 23.4 Å². The van der Waals surface area contributed by atoms with Gasteiger partial charge in [-0.3, -0.25) is 4.79 Å². The van der Waals surface area contributed by atoms with Gasteiger partial charge in [0.05, 0.1) is 12.0 Å². The van der Waals surface area contributed by atoms with E-state index < -0.39 is 11.6 Å². The van der Waals surface area contributed by atoms with Gasteiger partial charge in [0.1, 0.15) is 11.6 Å². The summed E-state index contributed by atoms with van der Waals surface area (Å²) in [6.07, 6.45) is 2.88. The number of nitrogens with zero attached hydrogens (tertiary/aromatic N) is 1. The van der Waals surface area contributed by atoms with Crippen LogP contribution in [0.5, 0.6) is 0 Å². The Bertz CT molecular complexity index is 504. The van der Waals surface area contributed by atoms with Crippen molar-refractivity contribution in [3.8, 4) is 0 Å². The molecule has 0 spiro atoms. The molecule has 1 amide bonds. The summed E-state index contributed by atoms with van der Waals surface area (Å²) < 4.78 is 27.0. The molecule has 1 N–H and O–H groups in total. The maximum Gasteiger partial charge on any atom is 0.225 e. The van der Waals surface area contributed by atoms with Crippen LogP contribution in [0.4, 0.5) is 8.78 Å². The highest BCUT2D eigenvalue weighted by molar-refractivity contribution is 5.80. The van der Waals surface area contributed by atoms with Gasteiger partial charge in [-0.2, -0.15) is 0 Å². The Morgan fingerprint density at radius 1 is 1.25 bits per heavy atom. The average molecular weight is 280 g/mol. The number of benzene rings is 1. The summed E-state index contributed by atoms with van der Waals surface area (Å²) in [4.78, 5) is 14.3. The number of hydrogen-bond acceptors (Lipinski definition) is 2. The van der Waals surface area contributed by atoms with Gasteiger partial charge in [0.25, 0.3) is 0 Å². The van der Waals surface area contributed by atoms with Crippen LogP contribution in [-0.4, -0.2) is 36.0 Å². The highest BCUT2D eigenvalue weighted by Crippen LogP contribution is 2.37. The number of rotatable bonds is 5. The lowest BCUT2D eigenvalue weighted by atomic mass is 10.1. The van der Waals surface area contributed by atoms with Crippen LogP contribution in [0.1, 0.15) is 24.8 Å². The lowest BCUT2D eigenvalue weighted by Crippen LogP contribution is -2.50. The molecule has 108 valence electrons. The van der Waals surface area contributed by atoms with Crippen molar-refractivity contribution in [1.82, 2.24) is 10.2 Å². The number of nitrogens with one attached hydrogen (secondary N) is 1. The van der Waals surface area contributed by atoms with E-state index in [0.29, 0.717) is 0 Å². The van der Waals surface area contributed by atoms with Crippen molar-refractivity contribution in [2.75, 3.05) is 19.6 Å². The number of halogens is 2. The second-order valence-electron chi connectivity index (χ2n) is 5.84. The minimum atomic E-state index is -0.660. The summed E-state index contributed by atoms with van der Waals surface area (Å²) in [5.41, 5.74) is -0.302. The molecule has 5 heteroatoms. The van der Waals surface area contributed by atoms with Crippen molar-refractivity contribution in [2.24, 2.45) is 0 Å². The smallest absolute Gasteiger partial charge is 0.225 e. The van der Waals surface area contributed by atoms with Gasteiger partial charge in [-0.05, 0) is 44.5 Å². The molecule has 0 aromatic heterocycles. The van der Waals surface area contributed by atoms with E-state index >= 15 is 0 Å². The third-order valence-electron chi connectivity index (χ3n) is 4.13. The van der Waals surface area contributed by atoms with Crippen LogP contribution in [0, 0.1) is 11.6 Å². The SMILES string of the molecule is O=C(Cc1c(F)cccc1F)NC1(CN2CCC2)CC1. The van der Waals surface area contributed by atoms with E-state index in [4.69, 9.17) is 0 Å². The van der Waals surface area contributed by atoms with E-state index in [9.17, 15) is 13.6 Å². The lowest BCUT2D eigenvalue weighted by molar-refractivity contribution is -0.121. The Hall–Kier alpha value is -1.49. The third-order valence-corrected chi connectivity index (χ3v) is 4.13. The zero-order valence-corrected chi connectivity index (χ0v) is 11.3. The van der Waals surface area contributed by atoms with E-state index in [1.54, 1.807) is 0 Å². The first-order valence-corrected chi connectivity index (χ1v) is 7.04. The van der Waals surface area contributed by atoms with Gasteiger partial charge < -0.3 is 10.2 Å². The number of carbonyl (C=O) groups excluding carboxylic acids is 1. The van der Waals surface area contributed by atoms with Gasteiger partial charge in [0.2, 0.25) is 5.91 Å². The van der Waals surface area contributed by atoms with Crippen LogP contribution in [-0.2, 0) is 11.2 Å². The van der Waals surface area contributed by atoms with Crippen molar-refractivity contribution in [2.45, 2.75) is 31.2 Å². The first-order valence-electron chi connectivity index (χ1n) is 7.04. The maximum absolute atomic E-state index is 13.5. The van der Waals surface area contributed by atoms with E-state index in [2.05, 4.69) is 10.2 Å². The number of likely N-dealkylation sites (tertiary alicyclic amines) is 1. The van der Waals surface area contributed by atoms with Gasteiger partial charge in [-0.25, -0.2) is 8.78 Å². The second-order valence-corrected chi connectivity index (χ2v) is 5.84. The molecule has 1 aromatic carbocycles. The van der Waals surface area contributed by atoms with Crippen molar-refractivity contribution < 1.29 is 13.6 Å². The first kappa shape index (κ1) is 13.5. The van der Waals surface area contributed by atoms with Gasteiger partial charge >= 0.3 is 0 Å². The molecule has 0 unspecified atom stereocenters. The molecule has 2 fully saturated rings. The molecular formula is C15H18F2N2O. The van der Waals surface area contributed by atoms with E-state index in [1.165, 1.54) is 24.6 Å². The average Bonchev–Trinajstić information content (AvgIpc) is 3.09. The van der Waals surface area contributed by atoms with Crippen LogP contribution in [0.3, 0.4) is 0 Å². The van der Waals surface area contributed by atoms with Crippen LogP contribution in [0.15, 0.2) is 18.2 Å². The highest BCUT2D eigenvalue weighted by Gasteiger charge is 2.45. The first-order chi connectivity index (χ1) is 9.58. The predicted molar refractivity (Wildman–Crippen MR) is 71.2 cm³/mol. The molecule has 0 atom stereocenters. The van der Waals surface area contributed by atoms with Crippen LogP contribution in [0.2, 0.25) is 0 Å². The van der Waals surface area contributed by atoms with Crippen molar-refractivity contribution in [1.29, 1.82) is 0 Å². The molecule has 1 saturated carbocycles. The molecule has 20 heavy (non-hydrogen) atoms. The Morgan fingerprint density at radius 3 is 2.40 bits per heavy atom. The molecule has 1 aliphatic heterocycles. The molecular weight excluding hydrogens is 262 g/mol. The van der Waals surface area contributed by atoms with Crippen LogP contribution < -0.4 is 5.32 Å². The minimum absolute atomic E-state index is 0.148. The monoisotopic (exact) mass is 280 g/mol. The Balaban J connectivity index is 1.59. The Kier molecular flexibility index (Phi) is 3.46. The summed E-state index contributed by atoms with van der Waals surface area (Å²) >= 11 is 0. The zero-order chi connectivity index (χ0) is 14.2. The molecule has 0 radical (unpaired) electrons. The maximum atomic E-state index is 13.5. The van der Waals surface area contributed by atoms with E-state index in [0.717, 1.165) is 32.5 Å². The molecule has 3 nitrogen and oxygen atoms in total. The fourth-order valence-corrected chi connectivity index (χ4v) is 2.64. The summed E-state index contributed by atoms with van der Waals surface area (Å²) in [6, 6.07) is 3.66. The molecule has 1 heterocycles. The number of hydrogen-bond donors (Lipinski definition) is 1. The molecule has 0 bridgehead atoms. The largest absolute Gasteiger partial charge is 0.349 e. The van der Waals surface area contributed by atoms with Gasteiger partial charge in [0.15, 0.2) is 0 Å². The van der Waals surface area contributed by atoms with Crippen molar-refractivity contribution >= 4 is 5.91 Å². The Labute approximate surface area is 117 Å². The fraction of sp³-hybridized carbons (Fsp3) is 0.533. The Morgan fingerprint density at radius 2 is 1.90 bits per heavy atom. The molecule has 1 saturated heterocycles. The van der Waals surface area contributed by atoms with Gasteiger partial charge in [-0.1, -0.05) is 6.07 Å². The second kappa shape index (κ2) is 5.13. The topological polar surface area (TPSA) is 32.3 Å². The van der Waals surface area contributed by atoms with Crippen LogP contribution in [0.25, 0.3) is 0 Å². The fourth-order valence-electron chi connectivity index (χ4n) is 2.64. The quantitative estimate of drug-likeness (QED) is 0.893. The molecule has 3 rings (SSSR count). The van der Waals surface area contributed by atoms with Gasteiger partial charge in [0, 0.05) is 12.1 Å². The van der Waals surface area contributed by atoms with Crippen LogP contribution >= 0.6 is 0 Å².